The van der Waals surface area contributed by atoms with Crippen LogP contribution in [0.1, 0.15) is 66.7 Å². The van der Waals surface area contributed by atoms with Gasteiger partial charge in [0.15, 0.2) is 0 Å². The predicted molar refractivity (Wildman–Crippen MR) is 110 cm³/mol. The van der Waals surface area contributed by atoms with Crippen LogP contribution in [-0.2, 0) is 9.53 Å². The van der Waals surface area contributed by atoms with Gasteiger partial charge < -0.3 is 14.9 Å². The SMILES string of the molecule is COC1=C(O)C(C)C(CC=C(C)CCC=C(C)CCC=C(C)C)C(O)C1=O. The second kappa shape index (κ2) is 11.1. The van der Waals surface area contributed by atoms with Gasteiger partial charge >= 0.3 is 0 Å². The van der Waals surface area contributed by atoms with E-state index in [0.29, 0.717) is 6.42 Å². The van der Waals surface area contributed by atoms with Crippen molar-refractivity contribution < 1.29 is 19.7 Å². The molecule has 1 rings (SSSR count). The molecule has 4 nitrogen and oxygen atoms in total. The van der Waals surface area contributed by atoms with Gasteiger partial charge in [0.2, 0.25) is 11.5 Å². The van der Waals surface area contributed by atoms with Gasteiger partial charge in [0.05, 0.1) is 7.11 Å². The van der Waals surface area contributed by atoms with E-state index in [1.165, 1.54) is 23.8 Å². The molecule has 0 amide bonds. The monoisotopic (exact) mass is 376 g/mol. The number of aliphatic hydroxyl groups is 2. The molecule has 1 aliphatic rings. The molecule has 1 aliphatic carbocycles. The molecule has 0 saturated heterocycles. The summed E-state index contributed by atoms with van der Waals surface area (Å²) < 4.78 is 4.94. The number of methoxy groups -OCH3 is 1. The van der Waals surface area contributed by atoms with E-state index in [9.17, 15) is 15.0 Å². The summed E-state index contributed by atoms with van der Waals surface area (Å²) in [6.07, 6.45) is 10.2. The number of hydrogen-bond donors (Lipinski definition) is 2. The highest BCUT2D eigenvalue weighted by molar-refractivity contribution is 5.98. The Labute approximate surface area is 164 Å². The van der Waals surface area contributed by atoms with Crippen molar-refractivity contribution in [1.82, 2.24) is 0 Å². The van der Waals surface area contributed by atoms with Crippen LogP contribution in [0.15, 0.2) is 46.5 Å². The Morgan fingerprint density at radius 1 is 1.04 bits per heavy atom. The van der Waals surface area contributed by atoms with E-state index in [0.717, 1.165) is 25.7 Å². The normalized spacial score (nSPS) is 24.3. The highest BCUT2D eigenvalue weighted by atomic mass is 16.5. The Morgan fingerprint density at radius 2 is 1.59 bits per heavy atom. The lowest BCUT2D eigenvalue weighted by atomic mass is 9.77. The molecule has 0 fully saturated rings. The summed E-state index contributed by atoms with van der Waals surface area (Å²) in [5.74, 6) is -1.33. The molecule has 0 aliphatic heterocycles. The number of Topliss-reactive ketones (excluding diaryl/α,β-unsaturated/α-hetero) is 1. The number of ether oxygens (including phenoxy) is 1. The zero-order valence-electron chi connectivity index (χ0n) is 17.7. The number of ketones is 1. The van der Waals surface area contributed by atoms with Crippen LogP contribution in [0.5, 0.6) is 0 Å². The van der Waals surface area contributed by atoms with Gasteiger partial charge in [0, 0.05) is 11.8 Å². The van der Waals surface area contributed by atoms with Crippen LogP contribution in [0.25, 0.3) is 0 Å². The van der Waals surface area contributed by atoms with Gasteiger partial charge in [-0.3, -0.25) is 4.79 Å². The Kier molecular flexibility index (Phi) is 9.57. The van der Waals surface area contributed by atoms with Gasteiger partial charge in [0.1, 0.15) is 11.9 Å². The molecule has 27 heavy (non-hydrogen) atoms. The lowest BCUT2D eigenvalue weighted by molar-refractivity contribution is -0.132. The molecule has 0 aromatic heterocycles. The van der Waals surface area contributed by atoms with Crippen molar-refractivity contribution in [3.63, 3.8) is 0 Å². The van der Waals surface area contributed by atoms with E-state index >= 15 is 0 Å². The molecular formula is C23H36O4. The minimum Gasteiger partial charge on any atom is -0.508 e. The van der Waals surface area contributed by atoms with Gasteiger partial charge in [-0.05, 0) is 59.8 Å². The third kappa shape index (κ3) is 7.02. The highest BCUT2D eigenvalue weighted by Crippen LogP contribution is 2.34. The van der Waals surface area contributed by atoms with Crippen LogP contribution in [-0.4, -0.2) is 29.2 Å². The van der Waals surface area contributed by atoms with Crippen molar-refractivity contribution in [2.45, 2.75) is 72.8 Å². The maximum Gasteiger partial charge on any atom is 0.229 e. The molecule has 0 saturated carbocycles. The summed E-state index contributed by atoms with van der Waals surface area (Å²) in [5, 5.41) is 20.5. The quantitative estimate of drug-likeness (QED) is 0.528. The van der Waals surface area contributed by atoms with Crippen LogP contribution in [0.3, 0.4) is 0 Å². The molecule has 3 unspecified atom stereocenters. The van der Waals surface area contributed by atoms with Crippen LogP contribution in [0, 0.1) is 11.8 Å². The van der Waals surface area contributed by atoms with Gasteiger partial charge in [-0.25, -0.2) is 0 Å². The van der Waals surface area contributed by atoms with E-state index in [1.54, 1.807) is 0 Å². The molecule has 152 valence electrons. The second-order valence-electron chi connectivity index (χ2n) is 7.88. The molecule has 0 bridgehead atoms. The lowest BCUT2D eigenvalue weighted by Gasteiger charge is -2.32. The first-order valence-corrected chi connectivity index (χ1v) is 9.83. The molecule has 0 spiro atoms. The maximum atomic E-state index is 12.1. The van der Waals surface area contributed by atoms with Crippen LogP contribution < -0.4 is 0 Å². The van der Waals surface area contributed by atoms with Gasteiger partial charge in [-0.2, -0.15) is 0 Å². The zero-order valence-corrected chi connectivity index (χ0v) is 17.7. The van der Waals surface area contributed by atoms with E-state index in [-0.39, 0.29) is 23.4 Å². The van der Waals surface area contributed by atoms with Crippen molar-refractivity contribution in [2.24, 2.45) is 11.8 Å². The molecule has 0 heterocycles. The molecule has 3 atom stereocenters. The van der Waals surface area contributed by atoms with Crippen LogP contribution in [0.4, 0.5) is 0 Å². The van der Waals surface area contributed by atoms with Gasteiger partial charge in [-0.15, -0.1) is 0 Å². The number of carbonyl (C=O) groups is 1. The van der Waals surface area contributed by atoms with Crippen molar-refractivity contribution in [2.75, 3.05) is 7.11 Å². The minimum atomic E-state index is -1.13. The Morgan fingerprint density at radius 3 is 2.15 bits per heavy atom. The first-order chi connectivity index (χ1) is 12.7. The second-order valence-corrected chi connectivity index (χ2v) is 7.88. The number of allylic oxidation sites excluding steroid dienone is 7. The first kappa shape index (κ1) is 23.2. The van der Waals surface area contributed by atoms with Crippen LogP contribution >= 0.6 is 0 Å². The highest BCUT2D eigenvalue weighted by Gasteiger charge is 2.41. The molecule has 4 heteroatoms. The van der Waals surface area contributed by atoms with E-state index in [4.69, 9.17) is 4.74 Å². The standard InChI is InChI=1S/C23H36O4/c1-15(2)9-7-10-16(3)11-8-12-17(4)13-14-19-18(5)20(24)23(27-6)22(26)21(19)25/h9,11,13,18-19,21,24-25H,7-8,10,12,14H2,1-6H3. The summed E-state index contributed by atoms with van der Waals surface area (Å²) in [6, 6.07) is 0. The average molecular weight is 377 g/mol. The third-order valence-electron chi connectivity index (χ3n) is 5.27. The Balaban J connectivity index is 2.58. The van der Waals surface area contributed by atoms with Crippen molar-refractivity contribution >= 4 is 5.78 Å². The fourth-order valence-corrected chi connectivity index (χ4v) is 3.35. The van der Waals surface area contributed by atoms with Crippen molar-refractivity contribution in [3.05, 3.63) is 46.5 Å². The smallest absolute Gasteiger partial charge is 0.229 e. The Hall–Kier alpha value is -1.81. The largest absolute Gasteiger partial charge is 0.508 e. The summed E-state index contributed by atoms with van der Waals surface area (Å²) >= 11 is 0. The number of aliphatic hydroxyl groups excluding tert-OH is 2. The number of hydrogen-bond acceptors (Lipinski definition) is 4. The van der Waals surface area contributed by atoms with Crippen molar-refractivity contribution in [1.29, 1.82) is 0 Å². The molecule has 0 aromatic rings. The number of rotatable bonds is 9. The average Bonchev–Trinajstić information content (AvgIpc) is 2.60. The van der Waals surface area contributed by atoms with Gasteiger partial charge in [-0.1, -0.05) is 41.9 Å². The fourth-order valence-electron chi connectivity index (χ4n) is 3.35. The van der Waals surface area contributed by atoms with Crippen molar-refractivity contribution in [3.8, 4) is 0 Å². The molecular weight excluding hydrogens is 340 g/mol. The molecule has 0 radical (unpaired) electrons. The minimum absolute atomic E-state index is 0.0567. The fraction of sp³-hybridized carbons (Fsp3) is 0.609. The topological polar surface area (TPSA) is 66.8 Å². The van der Waals surface area contributed by atoms with Crippen LogP contribution in [0.2, 0.25) is 0 Å². The molecule has 0 aromatic carbocycles. The summed E-state index contributed by atoms with van der Waals surface area (Å²) in [7, 11) is 1.34. The van der Waals surface area contributed by atoms with E-state index in [2.05, 4.69) is 45.9 Å². The van der Waals surface area contributed by atoms with E-state index in [1.807, 2.05) is 6.92 Å². The van der Waals surface area contributed by atoms with E-state index < -0.39 is 11.9 Å². The summed E-state index contributed by atoms with van der Waals surface area (Å²) in [4.78, 5) is 12.1. The summed E-state index contributed by atoms with van der Waals surface area (Å²) in [5.41, 5.74) is 4.00. The molecule has 2 N–H and O–H groups in total. The number of carbonyl (C=O) groups excluding carboxylic acids is 1. The lowest BCUT2D eigenvalue weighted by Crippen LogP contribution is -2.40. The maximum absolute atomic E-state index is 12.1. The predicted octanol–water partition coefficient (Wildman–Crippen LogP) is 5.41. The Bertz CT molecular complexity index is 633. The zero-order chi connectivity index (χ0) is 20.6. The first-order valence-electron chi connectivity index (χ1n) is 9.83. The van der Waals surface area contributed by atoms with Gasteiger partial charge in [0.25, 0.3) is 0 Å². The third-order valence-corrected chi connectivity index (χ3v) is 5.27. The summed E-state index contributed by atoms with van der Waals surface area (Å²) in [6.45, 7) is 10.3.